The number of anilines is 2. The van der Waals surface area contributed by atoms with Crippen LogP contribution in [-0.2, 0) is 4.79 Å². The van der Waals surface area contributed by atoms with E-state index in [4.69, 9.17) is 11.5 Å². The number of hydrogen-bond donors (Lipinski definition) is 4. The van der Waals surface area contributed by atoms with Crippen molar-refractivity contribution in [3.8, 4) is 0 Å². The minimum atomic E-state index is -0.576. The number of imide groups is 1. The molecule has 1 fully saturated rings. The summed E-state index contributed by atoms with van der Waals surface area (Å²) >= 11 is 1.05. The number of nitrogens with zero attached hydrogens (tertiary/aromatic N) is 3. The first-order valence-corrected chi connectivity index (χ1v) is 8.37. The average Bonchev–Trinajstić information content (AvgIpc) is 2.46. The second-order valence-electron chi connectivity index (χ2n) is 5.39. The zero-order chi connectivity index (χ0) is 16.8. The summed E-state index contributed by atoms with van der Waals surface area (Å²) in [6.07, 6.45) is 5.32. The smallest absolute Gasteiger partial charge is 0.321 e. The van der Waals surface area contributed by atoms with Crippen LogP contribution >= 0.6 is 11.8 Å². The van der Waals surface area contributed by atoms with Crippen LogP contribution < -0.4 is 22.1 Å². The Bertz CT molecular complexity index is 557. The predicted octanol–water partition coefficient (Wildman–Crippen LogP) is 0.675. The molecule has 2 rings (SSSR count). The van der Waals surface area contributed by atoms with Gasteiger partial charge in [-0.15, -0.1) is 0 Å². The van der Waals surface area contributed by atoms with E-state index in [0.717, 1.165) is 37.4 Å². The normalized spacial score (nSPS) is 16.6. The van der Waals surface area contributed by atoms with Crippen LogP contribution in [0.1, 0.15) is 39.0 Å². The molecular weight excluding hydrogens is 318 g/mol. The van der Waals surface area contributed by atoms with Crippen LogP contribution in [0, 0.1) is 0 Å². The summed E-state index contributed by atoms with van der Waals surface area (Å²) in [6.45, 7) is 1.64. The number of nitrogens with one attached hydrogen (secondary N) is 2. The highest BCUT2D eigenvalue weighted by molar-refractivity contribution is 8.00. The summed E-state index contributed by atoms with van der Waals surface area (Å²) < 4.78 is 0. The molecule has 9 nitrogen and oxygen atoms in total. The van der Waals surface area contributed by atoms with Gasteiger partial charge in [-0.2, -0.15) is 15.0 Å². The first-order chi connectivity index (χ1) is 10.9. The number of carbonyl (C=O) groups is 2. The van der Waals surface area contributed by atoms with E-state index < -0.39 is 17.2 Å². The zero-order valence-corrected chi connectivity index (χ0v) is 13.7. The Balaban J connectivity index is 1.82. The molecule has 3 amide bonds. The molecule has 0 spiro atoms. The highest BCUT2D eigenvalue weighted by Crippen LogP contribution is 2.20. The number of rotatable bonds is 4. The highest BCUT2D eigenvalue weighted by Gasteiger charge is 2.21. The number of thioether (sulfide) groups is 1. The molecule has 1 aromatic rings. The third kappa shape index (κ3) is 5.55. The van der Waals surface area contributed by atoms with E-state index in [1.54, 1.807) is 6.92 Å². The fourth-order valence-corrected chi connectivity index (χ4v) is 3.11. The SMILES string of the molecule is C[C@@H](Sc1nc(N)nc(N)n1)C(=O)NC(=O)NC1CCCCC1. The summed E-state index contributed by atoms with van der Waals surface area (Å²) in [5, 5.41) is 4.82. The van der Waals surface area contributed by atoms with E-state index in [1.807, 2.05) is 0 Å². The molecule has 1 heterocycles. The van der Waals surface area contributed by atoms with Crippen molar-refractivity contribution in [2.24, 2.45) is 0 Å². The van der Waals surface area contributed by atoms with Gasteiger partial charge in [-0.25, -0.2) is 4.79 Å². The lowest BCUT2D eigenvalue weighted by Crippen LogP contribution is -2.47. The average molecular weight is 339 g/mol. The monoisotopic (exact) mass is 339 g/mol. The van der Waals surface area contributed by atoms with Gasteiger partial charge in [0.25, 0.3) is 0 Å². The number of urea groups is 1. The fraction of sp³-hybridized carbons (Fsp3) is 0.615. The van der Waals surface area contributed by atoms with Crippen LogP contribution in [0.5, 0.6) is 0 Å². The van der Waals surface area contributed by atoms with E-state index in [1.165, 1.54) is 6.42 Å². The van der Waals surface area contributed by atoms with Crippen molar-refractivity contribution in [1.29, 1.82) is 0 Å². The van der Waals surface area contributed by atoms with Crippen LogP contribution in [0.2, 0.25) is 0 Å². The minimum Gasteiger partial charge on any atom is -0.368 e. The van der Waals surface area contributed by atoms with E-state index in [9.17, 15) is 9.59 Å². The van der Waals surface area contributed by atoms with Crippen molar-refractivity contribution in [3.05, 3.63) is 0 Å². The Morgan fingerprint density at radius 1 is 1.13 bits per heavy atom. The van der Waals surface area contributed by atoms with Crippen LogP contribution in [0.4, 0.5) is 16.7 Å². The van der Waals surface area contributed by atoms with Gasteiger partial charge < -0.3 is 16.8 Å². The number of hydrogen-bond acceptors (Lipinski definition) is 8. The summed E-state index contributed by atoms with van der Waals surface area (Å²) in [5.41, 5.74) is 11.0. The van der Waals surface area contributed by atoms with Crippen LogP contribution in [0.3, 0.4) is 0 Å². The van der Waals surface area contributed by atoms with Gasteiger partial charge in [-0.1, -0.05) is 31.0 Å². The summed E-state index contributed by atoms with van der Waals surface area (Å²) in [5.74, 6) is -0.453. The lowest BCUT2D eigenvalue weighted by Gasteiger charge is -2.22. The Morgan fingerprint density at radius 3 is 2.35 bits per heavy atom. The first kappa shape index (κ1) is 17.3. The number of carbonyl (C=O) groups excluding carboxylic acids is 2. The third-order valence-corrected chi connectivity index (χ3v) is 4.44. The van der Waals surface area contributed by atoms with Gasteiger partial charge in [0, 0.05) is 6.04 Å². The zero-order valence-electron chi connectivity index (χ0n) is 12.9. The maximum Gasteiger partial charge on any atom is 0.321 e. The van der Waals surface area contributed by atoms with Crippen molar-refractivity contribution in [3.63, 3.8) is 0 Å². The number of nitrogens with two attached hydrogens (primary N) is 2. The Kier molecular flexibility index (Phi) is 5.97. The lowest BCUT2D eigenvalue weighted by molar-refractivity contribution is -0.119. The fourth-order valence-electron chi connectivity index (χ4n) is 2.33. The molecule has 1 aliphatic rings. The Labute approximate surface area is 138 Å². The van der Waals surface area contributed by atoms with Crippen LogP contribution in [-0.4, -0.2) is 38.2 Å². The van der Waals surface area contributed by atoms with Crippen molar-refractivity contribution in [2.45, 2.75) is 55.5 Å². The molecular formula is C13H21N7O2S. The topological polar surface area (TPSA) is 149 Å². The van der Waals surface area contributed by atoms with Crippen molar-refractivity contribution < 1.29 is 9.59 Å². The van der Waals surface area contributed by atoms with Crippen molar-refractivity contribution >= 4 is 35.6 Å². The molecule has 0 aliphatic heterocycles. The number of nitrogen functional groups attached to an aromatic ring is 2. The van der Waals surface area contributed by atoms with Crippen LogP contribution in [0.25, 0.3) is 0 Å². The van der Waals surface area contributed by atoms with E-state index in [-0.39, 0.29) is 23.1 Å². The summed E-state index contributed by atoms with van der Waals surface area (Å²) in [6, 6.07) is -0.327. The first-order valence-electron chi connectivity index (χ1n) is 7.49. The van der Waals surface area contributed by atoms with E-state index in [2.05, 4.69) is 25.6 Å². The second-order valence-corrected chi connectivity index (χ2v) is 6.70. The highest BCUT2D eigenvalue weighted by atomic mass is 32.2. The van der Waals surface area contributed by atoms with Crippen LogP contribution in [0.15, 0.2) is 5.16 Å². The Morgan fingerprint density at radius 2 is 1.74 bits per heavy atom. The summed E-state index contributed by atoms with van der Waals surface area (Å²) in [4.78, 5) is 35.3. The van der Waals surface area contributed by atoms with Crippen molar-refractivity contribution in [1.82, 2.24) is 25.6 Å². The predicted molar refractivity (Wildman–Crippen MR) is 87.5 cm³/mol. The molecule has 1 aromatic heterocycles. The molecule has 0 bridgehead atoms. The molecule has 0 aromatic carbocycles. The van der Waals surface area contributed by atoms with E-state index in [0.29, 0.717) is 0 Å². The lowest BCUT2D eigenvalue weighted by atomic mass is 9.96. The maximum absolute atomic E-state index is 12.0. The molecule has 0 saturated heterocycles. The quantitative estimate of drug-likeness (QED) is 0.585. The summed E-state index contributed by atoms with van der Waals surface area (Å²) in [7, 11) is 0. The second kappa shape index (κ2) is 7.95. The Hall–Kier alpha value is -2.10. The molecule has 0 radical (unpaired) electrons. The van der Waals surface area contributed by atoms with Gasteiger partial charge in [0.05, 0.1) is 5.25 Å². The van der Waals surface area contributed by atoms with E-state index >= 15 is 0 Å². The molecule has 10 heteroatoms. The molecule has 1 atom stereocenters. The number of amides is 3. The van der Waals surface area contributed by atoms with Gasteiger partial charge in [-0.3, -0.25) is 10.1 Å². The van der Waals surface area contributed by atoms with Crippen molar-refractivity contribution in [2.75, 3.05) is 11.5 Å². The standard InChI is InChI=1S/C13H21N7O2S/c1-7(23-13-19-10(14)18-11(15)20-13)9(21)17-12(22)16-8-5-3-2-4-6-8/h7-8H,2-6H2,1H3,(H2,16,17,21,22)(H4,14,15,18,19,20)/t7-/m1/s1. The maximum atomic E-state index is 12.0. The molecule has 23 heavy (non-hydrogen) atoms. The molecule has 126 valence electrons. The molecule has 6 N–H and O–H groups in total. The largest absolute Gasteiger partial charge is 0.368 e. The van der Waals surface area contributed by atoms with Gasteiger partial charge in [0.15, 0.2) is 5.16 Å². The van der Waals surface area contributed by atoms with Gasteiger partial charge >= 0.3 is 6.03 Å². The van der Waals surface area contributed by atoms with Gasteiger partial charge in [0.2, 0.25) is 17.8 Å². The minimum absolute atomic E-state index is 0.0114. The van der Waals surface area contributed by atoms with Gasteiger partial charge in [-0.05, 0) is 19.8 Å². The molecule has 0 unspecified atom stereocenters. The molecule has 1 aliphatic carbocycles. The van der Waals surface area contributed by atoms with Gasteiger partial charge in [0.1, 0.15) is 0 Å². The molecule has 1 saturated carbocycles. The third-order valence-electron chi connectivity index (χ3n) is 3.48. The number of aromatic nitrogens is 3.